The monoisotopic (exact) mass is 230 g/mol. The Bertz CT molecular complexity index is 651. The van der Waals surface area contributed by atoms with E-state index in [4.69, 9.17) is 4.42 Å². The molecule has 3 heteroatoms. The lowest BCUT2D eigenvalue weighted by Gasteiger charge is -2.12. The minimum atomic E-state index is -0.412. The van der Waals surface area contributed by atoms with Gasteiger partial charge in [0, 0.05) is 17.0 Å². The van der Waals surface area contributed by atoms with Gasteiger partial charge in [-0.05, 0) is 37.5 Å². The van der Waals surface area contributed by atoms with Crippen molar-refractivity contribution in [3.05, 3.63) is 51.9 Å². The molecular formula is C14H14O3. The van der Waals surface area contributed by atoms with Gasteiger partial charge in [-0.15, -0.1) is 6.58 Å². The predicted octanol–water partition coefficient (Wildman–Crippen LogP) is 2.84. The molecule has 0 bridgehead atoms. The first-order valence-electron chi connectivity index (χ1n) is 5.42. The number of aryl methyl sites for hydroxylation is 1. The van der Waals surface area contributed by atoms with Crippen LogP contribution in [0.2, 0.25) is 0 Å². The maximum atomic E-state index is 11.3. The molecule has 0 aliphatic carbocycles. The average Bonchev–Trinajstić information content (AvgIpc) is 2.32. The molecule has 2 aromatic rings. The number of allylic oxidation sites excluding steroid dienone is 1. The fourth-order valence-corrected chi connectivity index (χ4v) is 1.98. The van der Waals surface area contributed by atoms with Gasteiger partial charge in [0.25, 0.3) is 0 Å². The molecule has 88 valence electrons. The zero-order valence-electron chi connectivity index (χ0n) is 9.91. The van der Waals surface area contributed by atoms with Crippen molar-refractivity contribution in [2.75, 3.05) is 0 Å². The van der Waals surface area contributed by atoms with Crippen LogP contribution >= 0.6 is 0 Å². The van der Waals surface area contributed by atoms with E-state index in [0.717, 1.165) is 16.5 Å². The topological polar surface area (TPSA) is 50.4 Å². The SMILES string of the molecule is C=CCc1c(O)c(C)c(C)c2ccc(=O)oc12. The van der Waals surface area contributed by atoms with Crippen molar-refractivity contribution in [1.82, 2.24) is 0 Å². The summed E-state index contributed by atoms with van der Waals surface area (Å²) in [7, 11) is 0. The number of phenolic OH excluding ortho intramolecular Hbond substituents is 1. The summed E-state index contributed by atoms with van der Waals surface area (Å²) in [6, 6.07) is 3.12. The van der Waals surface area contributed by atoms with E-state index in [1.807, 2.05) is 13.8 Å². The Morgan fingerprint density at radius 1 is 1.35 bits per heavy atom. The lowest BCUT2D eigenvalue weighted by atomic mass is 9.97. The summed E-state index contributed by atoms with van der Waals surface area (Å²) in [4.78, 5) is 11.3. The molecule has 0 fully saturated rings. The zero-order valence-corrected chi connectivity index (χ0v) is 9.91. The lowest BCUT2D eigenvalue weighted by molar-refractivity contribution is 0.462. The van der Waals surface area contributed by atoms with Crippen LogP contribution in [0, 0.1) is 13.8 Å². The van der Waals surface area contributed by atoms with Crippen LogP contribution in [-0.4, -0.2) is 5.11 Å². The number of hydrogen-bond acceptors (Lipinski definition) is 3. The molecule has 0 saturated heterocycles. The van der Waals surface area contributed by atoms with Crippen LogP contribution in [0.1, 0.15) is 16.7 Å². The standard InChI is InChI=1S/C14H14O3/c1-4-5-11-13(16)9(3)8(2)10-6-7-12(15)17-14(10)11/h4,6-7,16H,1,5H2,2-3H3. The summed E-state index contributed by atoms with van der Waals surface area (Å²) < 4.78 is 5.20. The van der Waals surface area contributed by atoms with Crippen LogP contribution in [0.15, 0.2) is 34.0 Å². The highest BCUT2D eigenvalue weighted by Crippen LogP contribution is 2.34. The van der Waals surface area contributed by atoms with Crippen molar-refractivity contribution < 1.29 is 9.52 Å². The van der Waals surface area contributed by atoms with Crippen molar-refractivity contribution in [2.24, 2.45) is 0 Å². The summed E-state index contributed by atoms with van der Waals surface area (Å²) >= 11 is 0. The lowest BCUT2D eigenvalue weighted by Crippen LogP contribution is -2.00. The van der Waals surface area contributed by atoms with E-state index in [1.54, 1.807) is 12.1 Å². The Kier molecular flexibility index (Phi) is 2.76. The number of phenols is 1. The summed E-state index contributed by atoms with van der Waals surface area (Å²) in [5.74, 6) is 0.184. The number of benzene rings is 1. The van der Waals surface area contributed by atoms with E-state index in [9.17, 15) is 9.90 Å². The number of hydrogen-bond donors (Lipinski definition) is 1. The Balaban J connectivity index is 2.98. The highest BCUT2D eigenvalue weighted by molar-refractivity contribution is 5.87. The molecule has 0 atom stereocenters. The smallest absolute Gasteiger partial charge is 0.336 e. The Hall–Kier alpha value is -2.03. The maximum absolute atomic E-state index is 11.3. The molecule has 3 nitrogen and oxygen atoms in total. The molecule has 17 heavy (non-hydrogen) atoms. The molecule has 0 aliphatic rings. The predicted molar refractivity (Wildman–Crippen MR) is 67.5 cm³/mol. The third-order valence-electron chi connectivity index (χ3n) is 3.06. The highest BCUT2D eigenvalue weighted by atomic mass is 16.4. The van der Waals surface area contributed by atoms with Crippen LogP contribution in [0.5, 0.6) is 5.75 Å². The van der Waals surface area contributed by atoms with Gasteiger partial charge in [0.05, 0.1) is 0 Å². The second-order valence-corrected chi connectivity index (χ2v) is 4.07. The van der Waals surface area contributed by atoms with Gasteiger partial charge in [-0.1, -0.05) is 6.08 Å². The van der Waals surface area contributed by atoms with E-state index in [-0.39, 0.29) is 5.75 Å². The van der Waals surface area contributed by atoms with Crippen LogP contribution in [0.4, 0.5) is 0 Å². The van der Waals surface area contributed by atoms with Crippen molar-refractivity contribution in [2.45, 2.75) is 20.3 Å². The summed E-state index contributed by atoms with van der Waals surface area (Å²) in [5.41, 5.74) is 2.40. The maximum Gasteiger partial charge on any atom is 0.336 e. The Morgan fingerprint density at radius 2 is 2.06 bits per heavy atom. The van der Waals surface area contributed by atoms with Crippen LogP contribution in [0.25, 0.3) is 11.0 Å². The summed E-state index contributed by atoms with van der Waals surface area (Å²) in [6.45, 7) is 7.39. The van der Waals surface area contributed by atoms with Gasteiger partial charge >= 0.3 is 5.63 Å². The second kappa shape index (κ2) is 4.09. The van der Waals surface area contributed by atoms with Gasteiger partial charge in [0.1, 0.15) is 11.3 Å². The minimum Gasteiger partial charge on any atom is -0.507 e. The molecular weight excluding hydrogens is 216 g/mol. The number of fused-ring (bicyclic) bond motifs is 1. The Labute approximate surface area is 99.0 Å². The first kappa shape index (κ1) is 11.5. The fourth-order valence-electron chi connectivity index (χ4n) is 1.98. The fraction of sp³-hybridized carbons (Fsp3) is 0.214. The largest absolute Gasteiger partial charge is 0.507 e. The van der Waals surface area contributed by atoms with Crippen molar-refractivity contribution >= 4 is 11.0 Å². The van der Waals surface area contributed by atoms with E-state index in [1.165, 1.54) is 6.07 Å². The van der Waals surface area contributed by atoms with Gasteiger partial charge in [0.15, 0.2) is 0 Å². The van der Waals surface area contributed by atoms with E-state index >= 15 is 0 Å². The summed E-state index contributed by atoms with van der Waals surface area (Å²) in [6.07, 6.45) is 2.15. The van der Waals surface area contributed by atoms with Gasteiger partial charge in [-0.3, -0.25) is 0 Å². The molecule has 1 N–H and O–H groups in total. The number of aromatic hydroxyl groups is 1. The van der Waals surface area contributed by atoms with E-state index < -0.39 is 5.63 Å². The van der Waals surface area contributed by atoms with Crippen molar-refractivity contribution in [1.29, 1.82) is 0 Å². The normalized spacial score (nSPS) is 10.7. The van der Waals surface area contributed by atoms with Gasteiger partial charge in [-0.25, -0.2) is 4.79 Å². The third kappa shape index (κ3) is 1.73. The second-order valence-electron chi connectivity index (χ2n) is 4.07. The summed E-state index contributed by atoms with van der Waals surface area (Å²) in [5, 5.41) is 10.9. The van der Waals surface area contributed by atoms with Crippen LogP contribution in [-0.2, 0) is 6.42 Å². The molecule has 0 aliphatic heterocycles. The highest BCUT2D eigenvalue weighted by Gasteiger charge is 2.15. The van der Waals surface area contributed by atoms with Gasteiger partial charge in [0.2, 0.25) is 0 Å². The third-order valence-corrected chi connectivity index (χ3v) is 3.06. The van der Waals surface area contributed by atoms with E-state index in [0.29, 0.717) is 17.6 Å². The van der Waals surface area contributed by atoms with Crippen molar-refractivity contribution in [3.8, 4) is 5.75 Å². The van der Waals surface area contributed by atoms with Crippen molar-refractivity contribution in [3.63, 3.8) is 0 Å². The first-order chi connectivity index (χ1) is 8.06. The van der Waals surface area contributed by atoms with Gasteiger partial charge < -0.3 is 9.52 Å². The van der Waals surface area contributed by atoms with Crippen LogP contribution < -0.4 is 5.63 Å². The quantitative estimate of drug-likeness (QED) is 0.637. The molecule has 1 heterocycles. The average molecular weight is 230 g/mol. The molecule has 1 aromatic carbocycles. The number of rotatable bonds is 2. The Morgan fingerprint density at radius 3 is 2.71 bits per heavy atom. The molecule has 0 spiro atoms. The molecule has 2 rings (SSSR count). The zero-order chi connectivity index (χ0) is 12.6. The minimum absolute atomic E-state index is 0.184. The molecule has 0 radical (unpaired) electrons. The molecule has 0 unspecified atom stereocenters. The molecule has 0 saturated carbocycles. The first-order valence-corrected chi connectivity index (χ1v) is 5.42. The molecule has 1 aromatic heterocycles. The van der Waals surface area contributed by atoms with E-state index in [2.05, 4.69) is 6.58 Å². The van der Waals surface area contributed by atoms with Crippen LogP contribution in [0.3, 0.4) is 0 Å². The molecule has 0 amide bonds. The van der Waals surface area contributed by atoms with Gasteiger partial charge in [-0.2, -0.15) is 0 Å².